The van der Waals surface area contributed by atoms with Crippen molar-refractivity contribution in [3.63, 3.8) is 0 Å². The van der Waals surface area contributed by atoms with Crippen LogP contribution in [0.4, 0.5) is 0 Å². The van der Waals surface area contributed by atoms with Crippen molar-refractivity contribution in [3.05, 3.63) is 29.3 Å². The molecule has 1 unspecified atom stereocenters. The molecule has 0 bridgehead atoms. The van der Waals surface area contributed by atoms with Crippen LogP contribution in [0.5, 0.6) is 5.75 Å². The maximum absolute atomic E-state index is 11.2. The number of carboxylic acids is 1. The minimum Gasteiger partial charge on any atom is -0.494 e. The molecule has 1 aromatic rings. The first-order chi connectivity index (χ1) is 10.1. The number of rotatable bonds is 6. The number of hydrogen-bond donors (Lipinski definition) is 1. The van der Waals surface area contributed by atoms with Gasteiger partial charge >= 0.3 is 5.97 Å². The lowest BCUT2D eigenvalue weighted by molar-refractivity contribution is -0.142. The highest BCUT2D eigenvalue weighted by atomic mass is 32.2. The first-order valence-corrected chi connectivity index (χ1v) is 8.47. The van der Waals surface area contributed by atoms with E-state index in [0.29, 0.717) is 12.4 Å². The second kappa shape index (κ2) is 7.71. The summed E-state index contributed by atoms with van der Waals surface area (Å²) >= 11 is 1.72. The minimum absolute atomic E-state index is 0.343. The lowest BCUT2D eigenvalue weighted by Gasteiger charge is -2.32. The first-order valence-electron chi connectivity index (χ1n) is 7.32. The number of nitrogens with zero attached hydrogens (tertiary/aromatic N) is 1. The zero-order chi connectivity index (χ0) is 15.2. The summed E-state index contributed by atoms with van der Waals surface area (Å²) < 4.78 is 5.78. The Labute approximate surface area is 130 Å². The van der Waals surface area contributed by atoms with Gasteiger partial charge in [-0.1, -0.05) is 6.07 Å². The van der Waals surface area contributed by atoms with Gasteiger partial charge in [-0.25, -0.2) is 0 Å². The SMILES string of the molecule is Cc1cc(C)cc(OCCCN2CCSCC2C(=O)O)c1. The zero-order valence-corrected chi connectivity index (χ0v) is 13.5. The molecule has 1 fully saturated rings. The van der Waals surface area contributed by atoms with Gasteiger partial charge in [-0.15, -0.1) is 0 Å². The number of carbonyl (C=O) groups is 1. The molecule has 1 heterocycles. The number of ether oxygens (including phenoxy) is 1. The van der Waals surface area contributed by atoms with E-state index in [0.717, 1.165) is 31.0 Å². The van der Waals surface area contributed by atoms with E-state index in [1.807, 2.05) is 12.1 Å². The number of benzene rings is 1. The lowest BCUT2D eigenvalue weighted by atomic mass is 10.1. The Balaban J connectivity index is 1.77. The van der Waals surface area contributed by atoms with Gasteiger partial charge in [0.2, 0.25) is 0 Å². The summed E-state index contributed by atoms with van der Waals surface area (Å²) in [5.74, 6) is 1.89. The van der Waals surface area contributed by atoms with Gasteiger partial charge in [-0.05, 0) is 43.5 Å². The van der Waals surface area contributed by atoms with E-state index in [4.69, 9.17) is 4.74 Å². The Morgan fingerprint density at radius 2 is 2.10 bits per heavy atom. The van der Waals surface area contributed by atoms with E-state index in [-0.39, 0.29) is 6.04 Å². The topological polar surface area (TPSA) is 49.8 Å². The molecular formula is C16H23NO3S. The van der Waals surface area contributed by atoms with Crippen LogP contribution in [0.15, 0.2) is 18.2 Å². The predicted octanol–water partition coefficient (Wildman–Crippen LogP) is 2.57. The molecule has 1 aliphatic rings. The average molecular weight is 309 g/mol. The maximum atomic E-state index is 11.2. The smallest absolute Gasteiger partial charge is 0.321 e. The normalized spacial score (nSPS) is 19.4. The fraction of sp³-hybridized carbons (Fsp3) is 0.562. The quantitative estimate of drug-likeness (QED) is 0.819. The van der Waals surface area contributed by atoms with Crippen LogP contribution in [-0.4, -0.2) is 53.2 Å². The fourth-order valence-electron chi connectivity index (χ4n) is 2.61. The summed E-state index contributed by atoms with van der Waals surface area (Å²) in [5.41, 5.74) is 2.40. The summed E-state index contributed by atoms with van der Waals surface area (Å²) in [7, 11) is 0. The average Bonchev–Trinajstić information content (AvgIpc) is 2.43. The van der Waals surface area contributed by atoms with Gasteiger partial charge in [0, 0.05) is 24.6 Å². The van der Waals surface area contributed by atoms with Crippen molar-refractivity contribution >= 4 is 17.7 Å². The molecule has 0 aliphatic carbocycles. The molecular weight excluding hydrogens is 286 g/mol. The third kappa shape index (κ3) is 4.93. The van der Waals surface area contributed by atoms with Crippen LogP contribution in [0.2, 0.25) is 0 Å². The minimum atomic E-state index is -0.711. The molecule has 1 aromatic carbocycles. The Bertz CT molecular complexity index is 472. The second-order valence-electron chi connectivity index (χ2n) is 5.49. The van der Waals surface area contributed by atoms with E-state index in [2.05, 4.69) is 24.8 Å². The molecule has 0 spiro atoms. The summed E-state index contributed by atoms with van der Waals surface area (Å²) in [5, 5.41) is 9.22. The van der Waals surface area contributed by atoms with Crippen molar-refractivity contribution in [1.29, 1.82) is 0 Å². The van der Waals surface area contributed by atoms with E-state index in [1.165, 1.54) is 11.1 Å². The van der Waals surface area contributed by atoms with Gasteiger partial charge in [-0.3, -0.25) is 9.69 Å². The molecule has 1 saturated heterocycles. The van der Waals surface area contributed by atoms with Crippen molar-refractivity contribution in [2.75, 3.05) is 31.2 Å². The van der Waals surface area contributed by atoms with E-state index in [1.54, 1.807) is 11.8 Å². The van der Waals surface area contributed by atoms with Crippen LogP contribution in [0.3, 0.4) is 0 Å². The van der Waals surface area contributed by atoms with Gasteiger partial charge in [0.1, 0.15) is 11.8 Å². The van der Waals surface area contributed by atoms with Crippen LogP contribution in [0.25, 0.3) is 0 Å². The molecule has 4 nitrogen and oxygen atoms in total. The van der Waals surface area contributed by atoms with Crippen molar-refractivity contribution in [2.45, 2.75) is 26.3 Å². The van der Waals surface area contributed by atoms with Gasteiger partial charge in [0.05, 0.1) is 6.61 Å². The number of hydrogen-bond acceptors (Lipinski definition) is 4. The molecule has 1 atom stereocenters. The number of thioether (sulfide) groups is 1. The van der Waals surface area contributed by atoms with Gasteiger partial charge in [-0.2, -0.15) is 11.8 Å². The molecule has 116 valence electrons. The zero-order valence-electron chi connectivity index (χ0n) is 12.7. The van der Waals surface area contributed by atoms with Gasteiger partial charge < -0.3 is 9.84 Å². The van der Waals surface area contributed by atoms with Crippen LogP contribution >= 0.6 is 11.8 Å². The Kier molecular flexibility index (Phi) is 5.94. The largest absolute Gasteiger partial charge is 0.494 e. The van der Waals surface area contributed by atoms with Crippen molar-refractivity contribution in [1.82, 2.24) is 4.90 Å². The highest BCUT2D eigenvalue weighted by molar-refractivity contribution is 7.99. The Morgan fingerprint density at radius 1 is 1.38 bits per heavy atom. The number of aryl methyl sites for hydroxylation is 2. The standard InChI is InChI=1S/C16H23NO3S/c1-12-8-13(2)10-14(9-12)20-6-3-4-17-5-7-21-11-15(17)16(18)19/h8-10,15H,3-7,11H2,1-2H3,(H,18,19). The fourth-order valence-corrected chi connectivity index (χ4v) is 3.71. The van der Waals surface area contributed by atoms with E-state index < -0.39 is 5.97 Å². The molecule has 0 saturated carbocycles. The Hall–Kier alpha value is -1.20. The van der Waals surface area contributed by atoms with Crippen LogP contribution < -0.4 is 4.74 Å². The third-order valence-electron chi connectivity index (χ3n) is 3.58. The maximum Gasteiger partial charge on any atom is 0.321 e. The highest BCUT2D eigenvalue weighted by Gasteiger charge is 2.28. The molecule has 0 amide bonds. The summed E-state index contributed by atoms with van der Waals surface area (Å²) in [6.45, 7) is 6.37. The monoisotopic (exact) mass is 309 g/mol. The van der Waals surface area contributed by atoms with Gasteiger partial charge in [0.15, 0.2) is 0 Å². The van der Waals surface area contributed by atoms with E-state index in [9.17, 15) is 9.90 Å². The van der Waals surface area contributed by atoms with E-state index >= 15 is 0 Å². The van der Waals surface area contributed by atoms with Crippen LogP contribution in [0.1, 0.15) is 17.5 Å². The third-order valence-corrected chi connectivity index (χ3v) is 4.60. The molecule has 2 rings (SSSR count). The van der Waals surface area contributed by atoms with Crippen molar-refractivity contribution in [2.24, 2.45) is 0 Å². The van der Waals surface area contributed by atoms with Crippen molar-refractivity contribution in [3.8, 4) is 5.75 Å². The highest BCUT2D eigenvalue weighted by Crippen LogP contribution is 2.18. The molecule has 1 N–H and O–H groups in total. The summed E-state index contributed by atoms with van der Waals surface area (Å²) in [6.07, 6.45) is 0.849. The Morgan fingerprint density at radius 3 is 2.76 bits per heavy atom. The predicted molar refractivity (Wildman–Crippen MR) is 86.3 cm³/mol. The molecule has 1 aliphatic heterocycles. The number of carboxylic acid groups (broad SMARTS) is 1. The van der Waals surface area contributed by atoms with Crippen molar-refractivity contribution < 1.29 is 14.6 Å². The summed E-state index contributed by atoms with van der Waals surface area (Å²) in [6, 6.07) is 5.84. The van der Waals surface area contributed by atoms with Crippen LogP contribution in [-0.2, 0) is 4.79 Å². The first kappa shape index (κ1) is 16.2. The molecule has 0 aromatic heterocycles. The lowest BCUT2D eigenvalue weighted by Crippen LogP contribution is -2.47. The molecule has 5 heteroatoms. The molecule has 0 radical (unpaired) electrons. The molecule has 21 heavy (non-hydrogen) atoms. The van der Waals surface area contributed by atoms with Gasteiger partial charge in [0.25, 0.3) is 0 Å². The van der Waals surface area contributed by atoms with Crippen LogP contribution in [0, 0.1) is 13.8 Å². The number of aliphatic carboxylic acids is 1. The summed E-state index contributed by atoms with van der Waals surface area (Å²) in [4.78, 5) is 13.3. The second-order valence-corrected chi connectivity index (χ2v) is 6.64.